The highest BCUT2D eigenvalue weighted by atomic mass is 19.1. The minimum Gasteiger partial charge on any atom is -0.496 e. The molecular formula is C24H25FN6O2. The molecule has 2 aliphatic rings. The molecule has 0 radical (unpaired) electrons. The topological polar surface area (TPSA) is 83.5 Å². The molecule has 1 N–H and O–H groups in total. The highest BCUT2D eigenvalue weighted by Crippen LogP contribution is 2.39. The van der Waals surface area contributed by atoms with Gasteiger partial charge in [0.1, 0.15) is 17.4 Å². The van der Waals surface area contributed by atoms with E-state index in [4.69, 9.17) is 9.72 Å². The summed E-state index contributed by atoms with van der Waals surface area (Å²) in [6.45, 7) is 7.26. The second-order valence-electron chi connectivity index (χ2n) is 8.31. The Labute approximate surface area is 191 Å². The number of methoxy groups -OCH3 is 1. The van der Waals surface area contributed by atoms with Crippen LogP contribution in [0.1, 0.15) is 27.2 Å². The fraction of sp³-hybridized carbons (Fsp3) is 0.333. The quantitative estimate of drug-likeness (QED) is 0.657. The van der Waals surface area contributed by atoms with Crippen LogP contribution >= 0.6 is 0 Å². The monoisotopic (exact) mass is 448 g/mol. The van der Waals surface area contributed by atoms with Crippen molar-refractivity contribution in [1.82, 2.24) is 20.3 Å². The van der Waals surface area contributed by atoms with Crippen LogP contribution in [0.4, 0.5) is 16.2 Å². The van der Waals surface area contributed by atoms with E-state index in [-0.39, 0.29) is 18.0 Å². The lowest BCUT2D eigenvalue weighted by molar-refractivity contribution is 0.0996. The van der Waals surface area contributed by atoms with Crippen molar-refractivity contribution < 1.29 is 13.9 Å². The second kappa shape index (κ2) is 8.40. The van der Waals surface area contributed by atoms with Crippen LogP contribution in [0.2, 0.25) is 0 Å². The van der Waals surface area contributed by atoms with Crippen molar-refractivity contribution in [3.63, 3.8) is 0 Å². The molecule has 1 fully saturated rings. The van der Waals surface area contributed by atoms with Crippen LogP contribution in [0, 0.1) is 19.7 Å². The van der Waals surface area contributed by atoms with Gasteiger partial charge in [-0.05, 0) is 37.6 Å². The number of hydrogen-bond acceptors (Lipinski definition) is 7. The van der Waals surface area contributed by atoms with E-state index in [1.807, 2.05) is 6.92 Å². The molecule has 3 aromatic rings. The number of amides is 1. The van der Waals surface area contributed by atoms with Crippen LogP contribution < -0.4 is 19.9 Å². The molecule has 1 amide bonds. The van der Waals surface area contributed by atoms with Gasteiger partial charge in [-0.15, -0.1) is 0 Å². The first-order valence-electron chi connectivity index (χ1n) is 10.9. The first kappa shape index (κ1) is 21.3. The lowest BCUT2D eigenvalue weighted by Gasteiger charge is -2.28. The van der Waals surface area contributed by atoms with Gasteiger partial charge in [0.25, 0.3) is 5.91 Å². The minimum atomic E-state index is -0.433. The van der Waals surface area contributed by atoms with E-state index < -0.39 is 5.82 Å². The summed E-state index contributed by atoms with van der Waals surface area (Å²) in [4.78, 5) is 30.8. The molecule has 2 aromatic heterocycles. The van der Waals surface area contributed by atoms with Crippen molar-refractivity contribution >= 4 is 17.7 Å². The standard InChI is InChI=1S/C24H25FN6O2/c1-14-10-18(25)21(19(11-14)33-3)22-17-13-31(23(32)16(17)4-5-27-22)20-12-15(2)28-24(29-20)30-8-6-26-7-9-30/h4-5,10-12,26H,6-9,13H2,1-3H3. The van der Waals surface area contributed by atoms with Gasteiger partial charge in [-0.3, -0.25) is 14.7 Å². The first-order chi connectivity index (χ1) is 16.0. The number of carbonyl (C=O) groups is 1. The summed E-state index contributed by atoms with van der Waals surface area (Å²) < 4.78 is 20.5. The Bertz CT molecular complexity index is 1240. The molecule has 170 valence electrons. The van der Waals surface area contributed by atoms with E-state index >= 15 is 4.39 Å². The molecule has 4 heterocycles. The van der Waals surface area contributed by atoms with Crippen LogP contribution in [-0.2, 0) is 6.54 Å². The van der Waals surface area contributed by atoms with Gasteiger partial charge in [-0.2, -0.15) is 4.98 Å². The number of pyridine rings is 1. The van der Waals surface area contributed by atoms with Gasteiger partial charge in [0, 0.05) is 55.3 Å². The van der Waals surface area contributed by atoms with Crippen molar-refractivity contribution in [3.8, 4) is 17.0 Å². The Morgan fingerprint density at radius 1 is 1.12 bits per heavy atom. The van der Waals surface area contributed by atoms with Crippen molar-refractivity contribution in [1.29, 1.82) is 0 Å². The maximum absolute atomic E-state index is 15.0. The Hall–Kier alpha value is -3.59. The fourth-order valence-corrected chi connectivity index (χ4v) is 4.41. The predicted molar refractivity (Wildman–Crippen MR) is 123 cm³/mol. The third kappa shape index (κ3) is 3.78. The number of carbonyl (C=O) groups excluding carboxylic acids is 1. The van der Waals surface area contributed by atoms with Crippen LogP contribution in [-0.4, -0.2) is 54.1 Å². The van der Waals surface area contributed by atoms with Crippen LogP contribution in [0.3, 0.4) is 0 Å². The molecule has 0 bridgehead atoms. The minimum absolute atomic E-state index is 0.190. The largest absolute Gasteiger partial charge is 0.496 e. The van der Waals surface area contributed by atoms with Crippen LogP contribution in [0.5, 0.6) is 5.75 Å². The van der Waals surface area contributed by atoms with Crippen molar-refractivity contribution in [2.24, 2.45) is 0 Å². The van der Waals surface area contributed by atoms with E-state index in [0.717, 1.165) is 37.4 Å². The fourth-order valence-electron chi connectivity index (χ4n) is 4.41. The highest BCUT2D eigenvalue weighted by Gasteiger charge is 2.34. The number of fused-ring (bicyclic) bond motifs is 1. The van der Waals surface area contributed by atoms with E-state index in [0.29, 0.717) is 34.3 Å². The number of ether oxygens (including phenoxy) is 1. The molecule has 8 nitrogen and oxygen atoms in total. The first-order valence-corrected chi connectivity index (χ1v) is 10.9. The van der Waals surface area contributed by atoms with Gasteiger partial charge in [0.05, 0.1) is 24.9 Å². The molecule has 0 aliphatic carbocycles. The van der Waals surface area contributed by atoms with Crippen molar-refractivity contribution in [2.45, 2.75) is 20.4 Å². The summed E-state index contributed by atoms with van der Waals surface area (Å²) >= 11 is 0. The average molecular weight is 449 g/mol. The maximum atomic E-state index is 15.0. The Morgan fingerprint density at radius 2 is 1.91 bits per heavy atom. The molecular weight excluding hydrogens is 423 g/mol. The molecule has 0 atom stereocenters. The van der Waals surface area contributed by atoms with Gasteiger partial charge < -0.3 is 15.0 Å². The van der Waals surface area contributed by atoms with Gasteiger partial charge in [-0.1, -0.05) is 0 Å². The number of anilines is 2. The van der Waals surface area contributed by atoms with Crippen molar-refractivity contribution in [2.75, 3.05) is 43.1 Å². The van der Waals surface area contributed by atoms with E-state index in [9.17, 15) is 4.79 Å². The molecule has 2 aliphatic heterocycles. The normalized spacial score (nSPS) is 15.7. The predicted octanol–water partition coefficient (Wildman–Crippen LogP) is 2.87. The van der Waals surface area contributed by atoms with Crippen molar-refractivity contribution in [3.05, 3.63) is 58.7 Å². The van der Waals surface area contributed by atoms with E-state index in [1.165, 1.54) is 19.4 Å². The lowest BCUT2D eigenvalue weighted by Crippen LogP contribution is -2.44. The second-order valence-corrected chi connectivity index (χ2v) is 8.31. The molecule has 1 aromatic carbocycles. The summed E-state index contributed by atoms with van der Waals surface area (Å²) in [6, 6.07) is 6.68. The molecule has 0 saturated carbocycles. The molecule has 1 saturated heterocycles. The maximum Gasteiger partial charge on any atom is 0.260 e. The summed E-state index contributed by atoms with van der Waals surface area (Å²) in [7, 11) is 1.50. The summed E-state index contributed by atoms with van der Waals surface area (Å²) in [6.07, 6.45) is 1.53. The Morgan fingerprint density at radius 3 is 2.67 bits per heavy atom. The average Bonchev–Trinajstić information content (AvgIpc) is 3.16. The van der Waals surface area contributed by atoms with Gasteiger partial charge in [-0.25, -0.2) is 9.37 Å². The number of nitrogens with zero attached hydrogens (tertiary/aromatic N) is 5. The zero-order valence-corrected chi connectivity index (χ0v) is 18.9. The van der Waals surface area contributed by atoms with Crippen LogP contribution in [0.15, 0.2) is 30.5 Å². The summed E-state index contributed by atoms with van der Waals surface area (Å²) in [5.74, 6) is 0.902. The number of piperazine rings is 1. The van der Waals surface area contributed by atoms with Crippen LogP contribution in [0.25, 0.3) is 11.3 Å². The highest BCUT2D eigenvalue weighted by molar-refractivity contribution is 6.10. The Balaban J connectivity index is 1.56. The smallest absolute Gasteiger partial charge is 0.260 e. The third-order valence-electron chi connectivity index (χ3n) is 6.01. The summed E-state index contributed by atoms with van der Waals surface area (Å²) in [5.41, 5.74) is 3.34. The van der Waals surface area contributed by atoms with E-state index in [2.05, 4.69) is 20.2 Å². The third-order valence-corrected chi connectivity index (χ3v) is 6.01. The van der Waals surface area contributed by atoms with Gasteiger partial charge in [0.15, 0.2) is 0 Å². The van der Waals surface area contributed by atoms with Gasteiger partial charge >= 0.3 is 0 Å². The zero-order valence-electron chi connectivity index (χ0n) is 18.9. The lowest BCUT2D eigenvalue weighted by atomic mass is 10.0. The number of aryl methyl sites for hydroxylation is 2. The molecule has 0 spiro atoms. The Kier molecular flexibility index (Phi) is 5.41. The number of rotatable bonds is 4. The summed E-state index contributed by atoms with van der Waals surface area (Å²) in [5, 5.41) is 3.32. The zero-order chi connectivity index (χ0) is 23.1. The SMILES string of the molecule is COc1cc(C)cc(F)c1-c1nccc2c1CN(c1cc(C)nc(N3CCNCC3)n1)C2=O. The number of aromatic nitrogens is 3. The molecule has 5 rings (SSSR count). The molecule has 0 unspecified atom stereocenters. The number of nitrogens with one attached hydrogen (secondary N) is 1. The van der Waals surface area contributed by atoms with E-state index in [1.54, 1.807) is 30.0 Å². The molecule has 33 heavy (non-hydrogen) atoms. The number of hydrogen-bond donors (Lipinski definition) is 1. The van der Waals surface area contributed by atoms with Gasteiger partial charge in [0.2, 0.25) is 5.95 Å². The molecule has 9 heteroatoms. The number of benzene rings is 1. The number of halogens is 1.